The van der Waals surface area contributed by atoms with E-state index in [1.807, 2.05) is 44.2 Å². The summed E-state index contributed by atoms with van der Waals surface area (Å²) >= 11 is 0. The summed E-state index contributed by atoms with van der Waals surface area (Å²) in [5.74, 6) is -0.156. The van der Waals surface area contributed by atoms with Crippen LogP contribution in [0.15, 0.2) is 49.0 Å². The van der Waals surface area contributed by atoms with Gasteiger partial charge in [-0.25, -0.2) is 0 Å². The molecule has 3 heteroatoms. The molecule has 0 aromatic heterocycles. The summed E-state index contributed by atoms with van der Waals surface area (Å²) in [5, 5.41) is 2.84. The zero-order valence-electron chi connectivity index (χ0n) is 11.7. The molecule has 1 amide bonds. The van der Waals surface area contributed by atoms with Crippen LogP contribution in [-0.4, -0.2) is 5.91 Å². The molecule has 2 aromatic rings. The summed E-state index contributed by atoms with van der Waals surface area (Å²) in [7, 11) is 0. The average Bonchev–Trinajstić information content (AvgIpc) is 2.43. The van der Waals surface area contributed by atoms with Gasteiger partial charge in [0.25, 0.3) is 5.91 Å². The van der Waals surface area contributed by atoms with Crippen LogP contribution in [0.25, 0.3) is 5.57 Å². The lowest BCUT2D eigenvalue weighted by molar-refractivity contribution is 0.102. The van der Waals surface area contributed by atoms with Crippen molar-refractivity contribution in [3.63, 3.8) is 0 Å². The summed E-state index contributed by atoms with van der Waals surface area (Å²) in [6, 6.07) is 12.9. The minimum absolute atomic E-state index is 0.156. The van der Waals surface area contributed by atoms with Crippen molar-refractivity contribution in [3.8, 4) is 0 Å². The van der Waals surface area contributed by atoms with Crippen molar-refractivity contribution < 1.29 is 4.79 Å². The lowest BCUT2D eigenvalue weighted by atomic mass is 10.1. The van der Waals surface area contributed by atoms with E-state index in [0.29, 0.717) is 16.9 Å². The number of carbonyl (C=O) groups is 1. The Hall–Kier alpha value is -2.55. The summed E-state index contributed by atoms with van der Waals surface area (Å²) < 4.78 is 0. The van der Waals surface area contributed by atoms with Crippen molar-refractivity contribution in [2.45, 2.75) is 13.8 Å². The predicted molar refractivity (Wildman–Crippen MR) is 84.7 cm³/mol. The van der Waals surface area contributed by atoms with Crippen molar-refractivity contribution in [2.24, 2.45) is 0 Å². The zero-order valence-corrected chi connectivity index (χ0v) is 11.7. The van der Waals surface area contributed by atoms with Gasteiger partial charge in [-0.2, -0.15) is 0 Å². The lowest BCUT2D eigenvalue weighted by Crippen LogP contribution is -2.12. The smallest absolute Gasteiger partial charge is 0.255 e. The first-order chi connectivity index (χ1) is 9.47. The Morgan fingerprint density at radius 2 is 1.85 bits per heavy atom. The van der Waals surface area contributed by atoms with E-state index in [9.17, 15) is 4.79 Å². The van der Waals surface area contributed by atoms with Crippen LogP contribution in [0.5, 0.6) is 0 Å². The highest BCUT2D eigenvalue weighted by molar-refractivity contribution is 6.04. The van der Waals surface area contributed by atoms with Gasteiger partial charge in [-0.3, -0.25) is 4.79 Å². The molecule has 2 aromatic carbocycles. The highest BCUT2D eigenvalue weighted by Crippen LogP contribution is 2.19. The Morgan fingerprint density at radius 1 is 1.15 bits per heavy atom. The van der Waals surface area contributed by atoms with Crippen LogP contribution < -0.4 is 11.1 Å². The quantitative estimate of drug-likeness (QED) is 0.829. The number of rotatable bonds is 3. The zero-order chi connectivity index (χ0) is 14.7. The fourth-order valence-corrected chi connectivity index (χ4v) is 1.85. The number of hydrogen-bond acceptors (Lipinski definition) is 2. The van der Waals surface area contributed by atoms with Crippen LogP contribution in [0, 0.1) is 6.92 Å². The van der Waals surface area contributed by atoms with Crippen LogP contribution in [0.3, 0.4) is 0 Å². The molecule has 0 atom stereocenters. The molecule has 3 nitrogen and oxygen atoms in total. The molecule has 0 fully saturated rings. The van der Waals surface area contributed by atoms with E-state index in [4.69, 9.17) is 5.73 Å². The molecule has 0 aliphatic rings. The minimum atomic E-state index is -0.156. The van der Waals surface area contributed by atoms with Gasteiger partial charge in [0.1, 0.15) is 0 Å². The van der Waals surface area contributed by atoms with E-state index in [-0.39, 0.29) is 5.91 Å². The average molecular weight is 266 g/mol. The Balaban J connectivity index is 2.21. The number of nitrogens with two attached hydrogens (primary N) is 1. The fraction of sp³-hybridized carbons (Fsp3) is 0.118. The minimum Gasteiger partial charge on any atom is -0.398 e. The van der Waals surface area contributed by atoms with E-state index >= 15 is 0 Å². The van der Waals surface area contributed by atoms with Gasteiger partial charge < -0.3 is 11.1 Å². The Labute approximate surface area is 119 Å². The van der Waals surface area contributed by atoms with Crippen LogP contribution in [0.1, 0.15) is 28.4 Å². The van der Waals surface area contributed by atoms with Gasteiger partial charge in [0.2, 0.25) is 0 Å². The van der Waals surface area contributed by atoms with Gasteiger partial charge >= 0.3 is 0 Å². The third-order valence-electron chi connectivity index (χ3n) is 3.15. The number of allylic oxidation sites excluding steroid dienone is 1. The van der Waals surface area contributed by atoms with Crippen LogP contribution in [0.4, 0.5) is 11.4 Å². The molecule has 0 unspecified atom stereocenters. The van der Waals surface area contributed by atoms with E-state index in [2.05, 4.69) is 11.9 Å². The van der Waals surface area contributed by atoms with Crippen molar-refractivity contribution >= 4 is 22.9 Å². The summed E-state index contributed by atoms with van der Waals surface area (Å²) in [4.78, 5) is 12.2. The molecule has 3 N–H and O–H groups in total. The largest absolute Gasteiger partial charge is 0.398 e. The Kier molecular flexibility index (Phi) is 3.89. The van der Waals surface area contributed by atoms with Gasteiger partial charge in [0, 0.05) is 16.9 Å². The summed E-state index contributed by atoms with van der Waals surface area (Å²) in [5.41, 5.74) is 10.7. The first-order valence-corrected chi connectivity index (χ1v) is 6.41. The molecule has 0 spiro atoms. The molecule has 0 saturated carbocycles. The van der Waals surface area contributed by atoms with Crippen molar-refractivity contribution in [1.82, 2.24) is 0 Å². The molecule has 0 saturated heterocycles. The first kappa shape index (κ1) is 13.9. The topological polar surface area (TPSA) is 55.1 Å². The molecular formula is C17H18N2O. The van der Waals surface area contributed by atoms with E-state index in [1.54, 1.807) is 12.1 Å². The fourth-order valence-electron chi connectivity index (χ4n) is 1.85. The molecule has 0 aliphatic heterocycles. The summed E-state index contributed by atoms with van der Waals surface area (Å²) in [6.45, 7) is 7.73. The van der Waals surface area contributed by atoms with Gasteiger partial charge in [0.15, 0.2) is 0 Å². The number of amides is 1. The third-order valence-corrected chi connectivity index (χ3v) is 3.15. The Bertz CT molecular complexity index is 674. The molecule has 20 heavy (non-hydrogen) atoms. The molecular weight excluding hydrogens is 248 g/mol. The third kappa shape index (κ3) is 3.06. The highest BCUT2D eigenvalue weighted by atomic mass is 16.1. The van der Waals surface area contributed by atoms with Crippen LogP contribution in [-0.2, 0) is 0 Å². The normalized spacial score (nSPS) is 10.1. The lowest BCUT2D eigenvalue weighted by Gasteiger charge is -2.08. The molecule has 0 aliphatic carbocycles. The monoisotopic (exact) mass is 266 g/mol. The second-order valence-electron chi connectivity index (χ2n) is 4.89. The first-order valence-electron chi connectivity index (χ1n) is 6.41. The van der Waals surface area contributed by atoms with Crippen molar-refractivity contribution in [2.75, 3.05) is 11.1 Å². The van der Waals surface area contributed by atoms with Crippen LogP contribution >= 0.6 is 0 Å². The van der Waals surface area contributed by atoms with Gasteiger partial charge in [-0.15, -0.1) is 0 Å². The maximum atomic E-state index is 12.2. The molecule has 0 radical (unpaired) electrons. The van der Waals surface area contributed by atoms with E-state index < -0.39 is 0 Å². The highest BCUT2D eigenvalue weighted by Gasteiger charge is 2.07. The number of carbonyl (C=O) groups excluding carboxylic acids is 1. The second kappa shape index (κ2) is 5.61. The maximum Gasteiger partial charge on any atom is 0.255 e. The number of nitrogens with one attached hydrogen (secondary N) is 1. The van der Waals surface area contributed by atoms with Crippen molar-refractivity contribution in [1.29, 1.82) is 0 Å². The number of nitrogen functional groups attached to an aromatic ring is 1. The van der Waals surface area contributed by atoms with E-state index in [0.717, 1.165) is 16.7 Å². The van der Waals surface area contributed by atoms with Crippen molar-refractivity contribution in [3.05, 3.63) is 65.7 Å². The molecule has 102 valence electrons. The Morgan fingerprint density at radius 3 is 2.50 bits per heavy atom. The number of benzene rings is 2. The standard InChI is InChI=1S/C17H18N2O/c1-11(2)13-5-4-6-14(9-13)17(20)19-15-8-7-12(3)16(18)10-15/h4-10H,1,18H2,2-3H3,(H,19,20). The van der Waals surface area contributed by atoms with Gasteiger partial charge in [0.05, 0.1) is 0 Å². The van der Waals surface area contributed by atoms with Gasteiger partial charge in [-0.05, 0) is 49.2 Å². The number of hydrogen-bond donors (Lipinski definition) is 2. The molecule has 0 heterocycles. The van der Waals surface area contributed by atoms with E-state index in [1.165, 1.54) is 0 Å². The molecule has 0 bridgehead atoms. The molecule has 2 rings (SSSR count). The predicted octanol–water partition coefficient (Wildman–Crippen LogP) is 3.86. The van der Waals surface area contributed by atoms with Crippen LogP contribution in [0.2, 0.25) is 0 Å². The van der Waals surface area contributed by atoms with Gasteiger partial charge in [-0.1, -0.05) is 30.4 Å². The SMILES string of the molecule is C=C(C)c1cccc(C(=O)Nc2ccc(C)c(N)c2)c1. The summed E-state index contributed by atoms with van der Waals surface area (Å²) in [6.07, 6.45) is 0. The maximum absolute atomic E-state index is 12.2. The number of anilines is 2. The second-order valence-corrected chi connectivity index (χ2v) is 4.89. The number of aryl methyl sites for hydroxylation is 1.